The first kappa shape index (κ1) is 14.3. The Labute approximate surface area is 132 Å². The summed E-state index contributed by atoms with van der Waals surface area (Å²) in [4.78, 5) is 26.9. The third kappa shape index (κ3) is 2.70. The highest BCUT2D eigenvalue weighted by Crippen LogP contribution is 2.47. The molecule has 0 spiro atoms. The second-order valence-electron chi connectivity index (χ2n) is 7.87. The van der Waals surface area contributed by atoms with E-state index in [4.69, 9.17) is 0 Å². The van der Waals surface area contributed by atoms with Crippen molar-refractivity contribution in [2.24, 2.45) is 17.8 Å². The van der Waals surface area contributed by atoms with Crippen LogP contribution in [0.1, 0.15) is 51.4 Å². The molecule has 3 aliphatic heterocycles. The van der Waals surface area contributed by atoms with Crippen LogP contribution < -0.4 is 10.6 Å². The Kier molecular flexibility index (Phi) is 3.74. The van der Waals surface area contributed by atoms with Gasteiger partial charge in [-0.2, -0.15) is 0 Å². The van der Waals surface area contributed by atoms with Crippen LogP contribution in [-0.4, -0.2) is 42.0 Å². The van der Waals surface area contributed by atoms with E-state index in [1.54, 1.807) is 0 Å². The van der Waals surface area contributed by atoms with E-state index < -0.39 is 0 Å². The Morgan fingerprint density at radius 1 is 1.05 bits per heavy atom. The molecule has 2 unspecified atom stereocenters. The van der Waals surface area contributed by atoms with E-state index in [0.29, 0.717) is 12.0 Å². The van der Waals surface area contributed by atoms with Gasteiger partial charge in [0.05, 0.1) is 0 Å². The van der Waals surface area contributed by atoms with E-state index in [1.165, 1.54) is 32.1 Å². The molecule has 4 bridgehead atoms. The molecule has 0 aromatic heterocycles. The highest BCUT2D eigenvalue weighted by Gasteiger charge is 2.44. The van der Waals surface area contributed by atoms with Gasteiger partial charge in [0.1, 0.15) is 6.04 Å². The average Bonchev–Trinajstić information content (AvgIpc) is 2.80. The van der Waals surface area contributed by atoms with Crippen molar-refractivity contribution in [3.63, 3.8) is 0 Å². The first-order valence-corrected chi connectivity index (χ1v) is 9.04. The number of hydrogen-bond donors (Lipinski definition) is 2. The lowest BCUT2D eigenvalue weighted by molar-refractivity contribution is -0.122. The zero-order valence-electron chi connectivity index (χ0n) is 13.2. The third-order valence-electron chi connectivity index (χ3n) is 6.20. The number of carbonyl (C=O) groups is 2. The molecule has 5 aliphatic rings. The number of nitrogens with one attached hydrogen (secondary N) is 2. The molecule has 122 valence electrons. The maximum atomic E-state index is 12.8. The van der Waals surface area contributed by atoms with Crippen molar-refractivity contribution in [3.8, 4) is 0 Å². The van der Waals surface area contributed by atoms with Crippen LogP contribution in [0.3, 0.4) is 0 Å². The number of carbonyl (C=O) groups excluding carboxylic acids is 2. The van der Waals surface area contributed by atoms with Crippen molar-refractivity contribution >= 4 is 11.9 Å². The molecule has 0 aromatic rings. The van der Waals surface area contributed by atoms with Crippen LogP contribution in [0.5, 0.6) is 0 Å². The zero-order chi connectivity index (χ0) is 15.1. The van der Waals surface area contributed by atoms with Crippen molar-refractivity contribution in [2.45, 2.75) is 63.5 Å². The Bertz CT molecular complexity index is 453. The number of hydrogen-bond acceptors (Lipinski definition) is 2. The van der Waals surface area contributed by atoms with Crippen LogP contribution >= 0.6 is 0 Å². The molecule has 5 heteroatoms. The summed E-state index contributed by atoms with van der Waals surface area (Å²) in [5.74, 6) is 2.35. The van der Waals surface area contributed by atoms with Gasteiger partial charge in [-0.15, -0.1) is 0 Å². The van der Waals surface area contributed by atoms with Gasteiger partial charge in [-0.05, 0) is 69.1 Å². The van der Waals surface area contributed by atoms with Crippen molar-refractivity contribution in [1.82, 2.24) is 15.5 Å². The van der Waals surface area contributed by atoms with Crippen LogP contribution in [0.4, 0.5) is 4.79 Å². The number of rotatable bonds is 1. The highest BCUT2D eigenvalue weighted by molar-refractivity contribution is 5.87. The quantitative estimate of drug-likeness (QED) is 0.777. The van der Waals surface area contributed by atoms with Crippen LogP contribution in [0.15, 0.2) is 0 Å². The molecule has 2 aliphatic carbocycles. The second kappa shape index (κ2) is 5.74. The number of amides is 3. The van der Waals surface area contributed by atoms with E-state index in [-0.39, 0.29) is 18.0 Å². The predicted octanol–water partition coefficient (Wildman–Crippen LogP) is 1.88. The van der Waals surface area contributed by atoms with Gasteiger partial charge in [0.25, 0.3) is 0 Å². The lowest BCUT2D eigenvalue weighted by Crippen LogP contribution is -2.53. The zero-order valence-corrected chi connectivity index (χ0v) is 13.2. The fourth-order valence-corrected chi connectivity index (χ4v) is 5.34. The number of urea groups is 1. The first-order valence-electron chi connectivity index (χ1n) is 9.04. The Hall–Kier alpha value is -1.26. The van der Waals surface area contributed by atoms with Gasteiger partial charge >= 0.3 is 6.03 Å². The third-order valence-corrected chi connectivity index (χ3v) is 6.20. The molecule has 5 rings (SSSR count). The maximum Gasteiger partial charge on any atom is 0.318 e. The van der Waals surface area contributed by atoms with Crippen LogP contribution in [-0.2, 0) is 4.79 Å². The SMILES string of the molecule is O=C1NCCCC[C@H]1NC(=O)N1CC2C[C@@H]3CC1C[C@H](C2)C3. The van der Waals surface area contributed by atoms with Gasteiger partial charge in [0.2, 0.25) is 5.91 Å². The molecule has 3 heterocycles. The van der Waals surface area contributed by atoms with Crippen molar-refractivity contribution in [3.05, 3.63) is 0 Å². The highest BCUT2D eigenvalue weighted by atomic mass is 16.2. The van der Waals surface area contributed by atoms with Crippen molar-refractivity contribution < 1.29 is 9.59 Å². The molecule has 2 N–H and O–H groups in total. The molecule has 0 aromatic carbocycles. The van der Waals surface area contributed by atoms with Gasteiger partial charge in [0.15, 0.2) is 0 Å². The summed E-state index contributed by atoms with van der Waals surface area (Å²) in [5, 5.41) is 5.93. The topological polar surface area (TPSA) is 61.4 Å². The van der Waals surface area contributed by atoms with E-state index in [2.05, 4.69) is 15.5 Å². The largest absolute Gasteiger partial charge is 0.354 e. The molecule has 5 nitrogen and oxygen atoms in total. The smallest absolute Gasteiger partial charge is 0.318 e. The summed E-state index contributed by atoms with van der Waals surface area (Å²) in [6.07, 6.45) is 9.13. The standard InChI is InChI=1S/C17H27N3O2/c21-16-15(3-1-2-4-18-16)19-17(22)20-10-13-6-11-5-12(7-13)9-14(20)8-11/h11-15H,1-10H2,(H,18,21)(H,19,22)/t11-,12+,13?,14?,15-/m1/s1. The van der Waals surface area contributed by atoms with E-state index in [1.807, 2.05) is 0 Å². The molecule has 3 amide bonds. The second-order valence-corrected chi connectivity index (χ2v) is 7.87. The minimum absolute atomic E-state index is 0.000231. The minimum atomic E-state index is -0.340. The van der Waals surface area contributed by atoms with E-state index >= 15 is 0 Å². The summed E-state index contributed by atoms with van der Waals surface area (Å²) in [7, 11) is 0. The van der Waals surface area contributed by atoms with Gasteiger partial charge in [-0.3, -0.25) is 4.79 Å². The molecule has 5 fully saturated rings. The molecular weight excluding hydrogens is 278 g/mol. The fraction of sp³-hybridized carbons (Fsp3) is 0.882. The first-order chi connectivity index (χ1) is 10.7. The van der Waals surface area contributed by atoms with Gasteiger partial charge < -0.3 is 15.5 Å². The summed E-state index contributed by atoms with van der Waals surface area (Å²) in [5.41, 5.74) is 0. The lowest BCUT2D eigenvalue weighted by Gasteiger charge is -2.39. The summed E-state index contributed by atoms with van der Waals surface area (Å²) in [6.45, 7) is 1.64. The maximum absolute atomic E-state index is 12.8. The number of nitrogens with zero attached hydrogens (tertiary/aromatic N) is 1. The number of fused-ring (bicyclic) bond motifs is 1. The van der Waals surface area contributed by atoms with Crippen LogP contribution in [0.25, 0.3) is 0 Å². The summed E-state index contributed by atoms with van der Waals surface area (Å²) in [6, 6.07) is 0.0676. The molecule has 0 radical (unpaired) electrons. The minimum Gasteiger partial charge on any atom is -0.354 e. The Balaban J connectivity index is 1.44. The molecule has 2 saturated carbocycles. The van der Waals surface area contributed by atoms with Crippen LogP contribution in [0, 0.1) is 17.8 Å². The lowest BCUT2D eigenvalue weighted by atomic mass is 9.68. The van der Waals surface area contributed by atoms with Crippen molar-refractivity contribution in [1.29, 1.82) is 0 Å². The van der Waals surface area contributed by atoms with E-state index in [0.717, 1.165) is 44.2 Å². The molecule has 3 saturated heterocycles. The van der Waals surface area contributed by atoms with Gasteiger partial charge in [-0.1, -0.05) is 0 Å². The Morgan fingerprint density at radius 2 is 1.77 bits per heavy atom. The fourth-order valence-electron chi connectivity index (χ4n) is 5.34. The molecule has 5 atom stereocenters. The van der Waals surface area contributed by atoms with Crippen molar-refractivity contribution in [2.75, 3.05) is 13.1 Å². The summed E-state index contributed by atoms with van der Waals surface area (Å²) < 4.78 is 0. The normalized spacial score (nSPS) is 40.8. The summed E-state index contributed by atoms with van der Waals surface area (Å²) >= 11 is 0. The van der Waals surface area contributed by atoms with Gasteiger partial charge in [-0.25, -0.2) is 4.79 Å². The van der Waals surface area contributed by atoms with E-state index in [9.17, 15) is 9.59 Å². The monoisotopic (exact) mass is 305 g/mol. The average molecular weight is 305 g/mol. The predicted molar refractivity (Wildman–Crippen MR) is 83.2 cm³/mol. The molecular formula is C17H27N3O2. The van der Waals surface area contributed by atoms with Crippen LogP contribution in [0.2, 0.25) is 0 Å². The van der Waals surface area contributed by atoms with Gasteiger partial charge in [0, 0.05) is 19.1 Å². The molecule has 22 heavy (non-hydrogen) atoms. The Morgan fingerprint density at radius 3 is 2.55 bits per heavy atom.